The molecular weight excluding hydrogens is 587 g/mol. The molecule has 3 aromatic heterocycles. The fourth-order valence-corrected chi connectivity index (χ4v) is 6.85. The highest BCUT2D eigenvalue weighted by molar-refractivity contribution is 6.09. The number of pyridine rings is 1. The summed E-state index contributed by atoms with van der Waals surface area (Å²) in [5.41, 5.74) is 9.21. The number of hydrogen-bond donors (Lipinski definition) is 1. The van der Waals surface area contributed by atoms with Gasteiger partial charge in [-0.1, -0.05) is 104 Å². The lowest BCUT2D eigenvalue weighted by atomic mass is 9.99. The summed E-state index contributed by atoms with van der Waals surface area (Å²) in [5.74, 6) is 1.60. The van der Waals surface area contributed by atoms with Gasteiger partial charge in [-0.2, -0.15) is 0 Å². The number of nitrogens with one attached hydrogen (secondary N) is 1. The van der Waals surface area contributed by atoms with Gasteiger partial charge in [-0.3, -0.25) is 14.1 Å². The molecule has 0 atom stereocenters. The largest absolute Gasteiger partial charge is 0.353 e. The minimum absolute atomic E-state index is 0.737. The van der Waals surface area contributed by atoms with E-state index in [0.717, 1.165) is 66.8 Å². The Balaban J connectivity index is 1.34. The summed E-state index contributed by atoms with van der Waals surface area (Å²) >= 11 is 0. The Hall–Kier alpha value is -6.46. The molecule has 0 saturated carbocycles. The van der Waals surface area contributed by atoms with E-state index in [-0.39, 0.29) is 0 Å². The van der Waals surface area contributed by atoms with Crippen LogP contribution in [0.2, 0.25) is 0 Å². The Morgan fingerprint density at radius 2 is 1.27 bits per heavy atom. The van der Waals surface area contributed by atoms with Crippen molar-refractivity contribution >= 4 is 69.1 Å². The van der Waals surface area contributed by atoms with Crippen molar-refractivity contribution in [1.29, 1.82) is 0 Å². The minimum atomic E-state index is 0.737. The predicted molar refractivity (Wildman–Crippen MR) is 204 cm³/mol. The van der Waals surface area contributed by atoms with Crippen molar-refractivity contribution in [3.05, 3.63) is 156 Å². The third-order valence-electron chi connectivity index (χ3n) is 9.07. The van der Waals surface area contributed by atoms with Gasteiger partial charge < -0.3 is 5.32 Å². The topological polar surface area (TPSA) is 47.1 Å². The number of allylic oxidation sites excluding steroid dienone is 1. The van der Waals surface area contributed by atoms with E-state index in [4.69, 9.17) is 4.98 Å². The number of para-hydroxylation sites is 3. The summed E-state index contributed by atoms with van der Waals surface area (Å²) in [4.78, 5) is 9.74. The van der Waals surface area contributed by atoms with Gasteiger partial charge in [0.25, 0.3) is 0 Å². The molecule has 0 aliphatic carbocycles. The molecule has 0 saturated heterocycles. The summed E-state index contributed by atoms with van der Waals surface area (Å²) in [5, 5.41) is 8.82. The molecule has 0 spiro atoms. The molecule has 3 heterocycles. The van der Waals surface area contributed by atoms with Gasteiger partial charge in [0.15, 0.2) is 0 Å². The molecule has 0 aliphatic rings. The molecule has 1 N–H and O–H groups in total. The van der Waals surface area contributed by atoms with Crippen molar-refractivity contribution in [1.82, 2.24) is 14.1 Å². The van der Waals surface area contributed by atoms with Crippen LogP contribution in [0.4, 0.5) is 17.1 Å². The van der Waals surface area contributed by atoms with Crippen LogP contribution in [-0.2, 0) is 0 Å². The van der Waals surface area contributed by atoms with Crippen LogP contribution >= 0.6 is 0 Å². The summed E-state index contributed by atoms with van der Waals surface area (Å²) in [6, 6.07) is 44.0. The van der Waals surface area contributed by atoms with Crippen molar-refractivity contribution in [2.24, 2.45) is 4.99 Å². The molecule has 5 heteroatoms. The first-order valence-electron chi connectivity index (χ1n) is 15.9. The smallest absolute Gasteiger partial charge is 0.140 e. The van der Waals surface area contributed by atoms with E-state index in [1.165, 1.54) is 21.9 Å². The van der Waals surface area contributed by atoms with E-state index >= 15 is 0 Å². The number of aliphatic imine (C=N–C) groups is 1. The van der Waals surface area contributed by atoms with Crippen LogP contribution in [-0.4, -0.2) is 20.8 Å². The average molecular weight is 620 g/mol. The van der Waals surface area contributed by atoms with Crippen LogP contribution in [0.3, 0.4) is 0 Å². The van der Waals surface area contributed by atoms with Gasteiger partial charge in [0.05, 0.1) is 33.3 Å². The zero-order valence-corrected chi connectivity index (χ0v) is 26.7. The van der Waals surface area contributed by atoms with Crippen LogP contribution in [0.5, 0.6) is 0 Å². The molecular formula is C43H33N5. The predicted octanol–water partition coefficient (Wildman–Crippen LogP) is 9.55. The molecule has 0 aliphatic heterocycles. The molecule has 5 aromatic carbocycles. The van der Waals surface area contributed by atoms with E-state index in [1.807, 2.05) is 18.2 Å². The Labute approximate surface area is 278 Å². The number of aromatic nitrogens is 3. The van der Waals surface area contributed by atoms with Crippen molar-refractivity contribution in [3.63, 3.8) is 0 Å². The number of nitrogens with zero attached hydrogens (tertiary/aromatic N) is 4. The Bertz CT molecular complexity index is 2620. The number of rotatable bonds is 7. The van der Waals surface area contributed by atoms with Crippen molar-refractivity contribution < 1.29 is 0 Å². The monoisotopic (exact) mass is 619 g/mol. The maximum absolute atomic E-state index is 5.30. The third-order valence-corrected chi connectivity index (χ3v) is 9.07. The first kappa shape index (κ1) is 29.0. The average Bonchev–Trinajstić information content (AvgIpc) is 3.60. The van der Waals surface area contributed by atoms with E-state index in [1.54, 1.807) is 6.08 Å². The second-order valence-corrected chi connectivity index (χ2v) is 11.9. The van der Waals surface area contributed by atoms with E-state index in [0.29, 0.717) is 0 Å². The first-order chi connectivity index (χ1) is 23.6. The molecule has 5 nitrogen and oxygen atoms in total. The Kier molecular flexibility index (Phi) is 7.07. The number of fused-ring (bicyclic) bond motifs is 4. The van der Waals surface area contributed by atoms with Gasteiger partial charge >= 0.3 is 0 Å². The van der Waals surface area contributed by atoms with Gasteiger partial charge in [-0.15, -0.1) is 0 Å². The van der Waals surface area contributed by atoms with Crippen LogP contribution in [0.15, 0.2) is 145 Å². The quantitative estimate of drug-likeness (QED) is 0.181. The fourth-order valence-electron chi connectivity index (χ4n) is 6.85. The lowest BCUT2D eigenvalue weighted by molar-refractivity contribution is 0.970. The summed E-state index contributed by atoms with van der Waals surface area (Å²) < 4.78 is 4.39. The molecule has 0 fully saturated rings. The highest BCUT2D eigenvalue weighted by Gasteiger charge is 2.17. The molecule has 0 unspecified atom stereocenters. The van der Waals surface area contributed by atoms with E-state index < -0.39 is 0 Å². The standard InChI is InChI=1S/C43H33N5/c1-5-15-38-29(3)34-26-36(44-4)37(45-35-21-11-8-18-31(35)30-17-7-6-16-28(30)2)27-41(34)47(38)42-24-14-25-43(46-42)48-39-22-12-9-19-32(39)33-20-10-13-23-40(33)48/h5-27,45H,1,3-4H2,2H3/b38-15+. The SMILES string of the molecule is C=C/C=c1\c(=C)c2cc(N=C)c(Nc3ccccc3-c3ccccc3C)cc2n1-c1cccc(-n2c3ccccc3c3ccccc32)n1. The van der Waals surface area contributed by atoms with Crippen molar-refractivity contribution in [2.45, 2.75) is 6.92 Å². The molecule has 0 amide bonds. The molecule has 0 radical (unpaired) electrons. The summed E-state index contributed by atoms with van der Waals surface area (Å²) in [6.07, 6.45) is 3.78. The van der Waals surface area contributed by atoms with Crippen LogP contribution in [0.25, 0.3) is 68.1 Å². The van der Waals surface area contributed by atoms with Gasteiger partial charge in [0, 0.05) is 32.6 Å². The Morgan fingerprint density at radius 3 is 1.96 bits per heavy atom. The van der Waals surface area contributed by atoms with Gasteiger partial charge in [-0.25, -0.2) is 4.98 Å². The zero-order valence-electron chi connectivity index (χ0n) is 26.7. The zero-order chi connectivity index (χ0) is 32.8. The second-order valence-electron chi connectivity index (χ2n) is 11.9. The summed E-state index contributed by atoms with van der Waals surface area (Å²) in [6.45, 7) is 14.6. The Morgan fingerprint density at radius 1 is 0.646 bits per heavy atom. The minimum Gasteiger partial charge on any atom is -0.353 e. The summed E-state index contributed by atoms with van der Waals surface area (Å²) in [7, 11) is 0. The molecule has 8 aromatic rings. The number of benzene rings is 5. The van der Waals surface area contributed by atoms with Gasteiger partial charge in [0.2, 0.25) is 0 Å². The molecule has 230 valence electrons. The molecule has 8 rings (SSSR count). The lowest BCUT2D eigenvalue weighted by Crippen LogP contribution is -2.27. The number of hydrogen-bond acceptors (Lipinski definition) is 3. The maximum atomic E-state index is 5.30. The third kappa shape index (κ3) is 4.64. The number of aryl methyl sites for hydroxylation is 1. The van der Waals surface area contributed by atoms with Gasteiger partial charge in [-0.05, 0) is 73.3 Å². The van der Waals surface area contributed by atoms with Crippen LogP contribution in [0.1, 0.15) is 5.56 Å². The van der Waals surface area contributed by atoms with Crippen molar-refractivity contribution in [3.8, 4) is 22.8 Å². The van der Waals surface area contributed by atoms with E-state index in [9.17, 15) is 0 Å². The highest BCUT2D eigenvalue weighted by Crippen LogP contribution is 2.37. The lowest BCUT2D eigenvalue weighted by Gasteiger charge is -2.16. The highest BCUT2D eigenvalue weighted by atomic mass is 15.1. The van der Waals surface area contributed by atoms with Gasteiger partial charge in [0.1, 0.15) is 11.6 Å². The molecule has 48 heavy (non-hydrogen) atoms. The van der Waals surface area contributed by atoms with Crippen LogP contribution in [0, 0.1) is 6.92 Å². The number of anilines is 2. The normalized spacial score (nSPS) is 11.8. The molecule has 0 bridgehead atoms. The first-order valence-corrected chi connectivity index (χ1v) is 15.9. The fraction of sp³-hybridized carbons (Fsp3) is 0.0233. The maximum Gasteiger partial charge on any atom is 0.140 e. The van der Waals surface area contributed by atoms with E-state index in [2.05, 4.69) is 162 Å². The second kappa shape index (κ2) is 11.7. The van der Waals surface area contributed by atoms with Crippen molar-refractivity contribution in [2.75, 3.05) is 5.32 Å². The van der Waals surface area contributed by atoms with Crippen LogP contribution < -0.4 is 15.9 Å².